The third-order valence-electron chi connectivity index (χ3n) is 3.57. The number of hydrogen-bond donors (Lipinski definition) is 0. The van der Waals surface area contributed by atoms with Gasteiger partial charge in [-0.1, -0.05) is 19.9 Å². The van der Waals surface area contributed by atoms with Gasteiger partial charge in [-0.05, 0) is 18.1 Å². The van der Waals surface area contributed by atoms with Gasteiger partial charge in [0.25, 0.3) is 0 Å². The Morgan fingerprint density at radius 1 is 1.23 bits per heavy atom. The quantitative estimate of drug-likeness (QED) is 0.771. The highest BCUT2D eigenvalue weighted by molar-refractivity contribution is 7.92. The second-order valence-corrected chi connectivity index (χ2v) is 10.1. The van der Waals surface area contributed by atoms with Crippen molar-refractivity contribution in [2.24, 2.45) is 5.92 Å². The van der Waals surface area contributed by atoms with E-state index in [1.807, 2.05) is 13.8 Å². The van der Waals surface area contributed by atoms with E-state index in [0.717, 1.165) is 0 Å². The van der Waals surface area contributed by atoms with Crippen LogP contribution in [0.1, 0.15) is 13.8 Å². The van der Waals surface area contributed by atoms with Crippen molar-refractivity contribution < 1.29 is 21.6 Å². The van der Waals surface area contributed by atoms with E-state index in [9.17, 15) is 16.8 Å². The number of rotatable bonds is 6. The first-order valence-electron chi connectivity index (χ1n) is 7.02. The Hall–Kier alpha value is -1.12. The van der Waals surface area contributed by atoms with Gasteiger partial charge < -0.3 is 4.74 Å². The highest BCUT2D eigenvalue weighted by Gasteiger charge is 2.43. The molecule has 0 bridgehead atoms. The predicted octanol–water partition coefficient (Wildman–Crippen LogP) is 1.14. The average molecular weight is 347 g/mol. The Balaban J connectivity index is 2.12. The van der Waals surface area contributed by atoms with Crippen molar-refractivity contribution >= 4 is 19.9 Å². The van der Waals surface area contributed by atoms with Crippen LogP contribution in [-0.2, 0) is 19.9 Å². The van der Waals surface area contributed by atoms with Crippen LogP contribution in [0.3, 0.4) is 0 Å². The number of benzene rings is 1. The van der Waals surface area contributed by atoms with Gasteiger partial charge in [0, 0.05) is 19.2 Å². The van der Waals surface area contributed by atoms with E-state index < -0.39 is 25.1 Å². The van der Waals surface area contributed by atoms with Crippen LogP contribution in [0.15, 0.2) is 29.2 Å². The fourth-order valence-corrected chi connectivity index (χ4v) is 6.11. The van der Waals surface area contributed by atoms with Gasteiger partial charge in [0.1, 0.15) is 5.75 Å². The maximum atomic E-state index is 12.5. The molecule has 8 heteroatoms. The minimum Gasteiger partial charge on any atom is -0.497 e. The molecule has 0 N–H and O–H groups in total. The average Bonchev–Trinajstić information content (AvgIpc) is 2.34. The molecule has 1 aromatic rings. The molecular weight excluding hydrogens is 326 g/mol. The number of nitrogens with zero attached hydrogens (tertiary/aromatic N) is 1. The first-order valence-corrected chi connectivity index (χ1v) is 10.2. The molecule has 1 aliphatic rings. The topological polar surface area (TPSA) is 80.8 Å². The Morgan fingerprint density at radius 3 is 2.41 bits per heavy atom. The Kier molecular flexibility index (Phi) is 4.84. The molecule has 1 heterocycles. The SMILES string of the molecule is COc1cccc(S(=O)(=O)N2CC(S(=O)(=O)CC(C)C)C2)c1. The van der Waals surface area contributed by atoms with Crippen LogP contribution in [0.4, 0.5) is 0 Å². The van der Waals surface area contributed by atoms with E-state index in [2.05, 4.69) is 0 Å². The van der Waals surface area contributed by atoms with Gasteiger partial charge in [0.05, 0.1) is 23.0 Å². The third-order valence-corrected chi connectivity index (χ3v) is 7.84. The van der Waals surface area contributed by atoms with Gasteiger partial charge in [-0.2, -0.15) is 4.31 Å². The lowest BCUT2D eigenvalue weighted by molar-refractivity contribution is 0.309. The summed E-state index contributed by atoms with van der Waals surface area (Å²) in [4.78, 5) is 0.117. The van der Waals surface area contributed by atoms with Crippen LogP contribution in [0.25, 0.3) is 0 Å². The zero-order chi connectivity index (χ0) is 16.5. The van der Waals surface area contributed by atoms with Gasteiger partial charge in [-0.3, -0.25) is 0 Å². The Labute approximate surface area is 132 Å². The van der Waals surface area contributed by atoms with Gasteiger partial charge in [-0.25, -0.2) is 16.8 Å². The summed E-state index contributed by atoms with van der Waals surface area (Å²) in [5.74, 6) is 0.574. The van der Waals surface area contributed by atoms with Crippen molar-refractivity contribution in [3.63, 3.8) is 0 Å². The molecule has 0 aromatic heterocycles. The molecule has 124 valence electrons. The van der Waals surface area contributed by atoms with E-state index in [1.165, 1.54) is 23.5 Å². The van der Waals surface area contributed by atoms with Crippen molar-refractivity contribution in [3.8, 4) is 5.75 Å². The molecule has 0 atom stereocenters. The van der Waals surface area contributed by atoms with Crippen LogP contribution in [0.5, 0.6) is 5.75 Å². The number of ether oxygens (including phenoxy) is 1. The summed E-state index contributed by atoms with van der Waals surface area (Å²) in [6, 6.07) is 6.17. The van der Waals surface area contributed by atoms with E-state index >= 15 is 0 Å². The van der Waals surface area contributed by atoms with Gasteiger partial charge in [-0.15, -0.1) is 0 Å². The van der Waals surface area contributed by atoms with Crippen molar-refractivity contribution in [1.82, 2.24) is 4.31 Å². The third kappa shape index (κ3) is 3.44. The molecule has 1 aliphatic heterocycles. The van der Waals surface area contributed by atoms with Crippen molar-refractivity contribution in [2.75, 3.05) is 26.0 Å². The molecule has 6 nitrogen and oxygen atoms in total. The van der Waals surface area contributed by atoms with Crippen LogP contribution in [-0.4, -0.2) is 52.3 Å². The van der Waals surface area contributed by atoms with Crippen molar-refractivity contribution in [2.45, 2.75) is 24.0 Å². The molecule has 1 saturated heterocycles. The summed E-state index contributed by atoms with van der Waals surface area (Å²) in [5.41, 5.74) is 0. The van der Waals surface area contributed by atoms with E-state index in [1.54, 1.807) is 12.1 Å². The molecule has 0 aliphatic carbocycles. The molecule has 1 aromatic carbocycles. The molecule has 1 fully saturated rings. The fraction of sp³-hybridized carbons (Fsp3) is 0.571. The highest BCUT2D eigenvalue weighted by Crippen LogP contribution is 2.27. The minimum atomic E-state index is -3.67. The number of sulfonamides is 1. The Bertz CT molecular complexity index is 734. The van der Waals surface area contributed by atoms with Crippen molar-refractivity contribution in [3.05, 3.63) is 24.3 Å². The normalized spacial score (nSPS) is 17.5. The largest absolute Gasteiger partial charge is 0.497 e. The van der Waals surface area contributed by atoms with E-state index in [4.69, 9.17) is 4.74 Å². The van der Waals surface area contributed by atoms with E-state index in [0.29, 0.717) is 5.75 Å². The first kappa shape index (κ1) is 17.2. The van der Waals surface area contributed by atoms with Gasteiger partial charge in [0.15, 0.2) is 9.84 Å². The molecule has 22 heavy (non-hydrogen) atoms. The molecule has 0 unspecified atom stereocenters. The van der Waals surface area contributed by atoms with E-state index in [-0.39, 0.29) is 29.7 Å². The van der Waals surface area contributed by atoms with Crippen molar-refractivity contribution in [1.29, 1.82) is 0 Å². The zero-order valence-corrected chi connectivity index (χ0v) is 14.5. The molecular formula is C14H21NO5S2. The lowest BCUT2D eigenvalue weighted by Gasteiger charge is -2.37. The summed E-state index contributed by atoms with van der Waals surface area (Å²) in [5, 5.41) is -0.602. The summed E-state index contributed by atoms with van der Waals surface area (Å²) in [6.45, 7) is 3.71. The molecule has 2 rings (SSSR count). The minimum absolute atomic E-state index is 0.0224. The summed E-state index contributed by atoms with van der Waals surface area (Å²) in [6.07, 6.45) is 0. The standard InChI is InChI=1S/C14H21NO5S2/c1-11(2)10-21(16,17)14-8-15(9-14)22(18,19)13-6-4-5-12(7-13)20-3/h4-7,11,14H,8-10H2,1-3H3. The summed E-state index contributed by atoms with van der Waals surface area (Å²) < 4.78 is 55.3. The van der Waals surface area contributed by atoms with Gasteiger partial charge in [0.2, 0.25) is 10.0 Å². The maximum absolute atomic E-state index is 12.5. The second-order valence-electron chi connectivity index (χ2n) is 5.85. The smallest absolute Gasteiger partial charge is 0.243 e. The van der Waals surface area contributed by atoms with Crippen LogP contribution < -0.4 is 4.74 Å². The van der Waals surface area contributed by atoms with Crippen LogP contribution >= 0.6 is 0 Å². The zero-order valence-electron chi connectivity index (χ0n) is 12.9. The van der Waals surface area contributed by atoms with Gasteiger partial charge >= 0.3 is 0 Å². The molecule has 0 saturated carbocycles. The second kappa shape index (κ2) is 6.17. The van der Waals surface area contributed by atoms with Crippen LogP contribution in [0.2, 0.25) is 0 Å². The Morgan fingerprint density at radius 2 is 1.86 bits per heavy atom. The molecule has 0 amide bonds. The summed E-state index contributed by atoms with van der Waals surface area (Å²) >= 11 is 0. The highest BCUT2D eigenvalue weighted by atomic mass is 32.2. The number of sulfone groups is 1. The summed E-state index contributed by atoms with van der Waals surface area (Å²) in [7, 11) is -5.45. The fourth-order valence-electron chi connectivity index (χ4n) is 2.34. The molecule has 0 spiro atoms. The number of methoxy groups -OCH3 is 1. The maximum Gasteiger partial charge on any atom is 0.243 e. The monoisotopic (exact) mass is 347 g/mol. The first-order chi connectivity index (χ1) is 10.2. The lowest BCUT2D eigenvalue weighted by atomic mass is 10.3. The van der Waals surface area contributed by atoms with Crippen LogP contribution in [0, 0.1) is 5.92 Å². The number of hydrogen-bond acceptors (Lipinski definition) is 5. The molecule has 0 radical (unpaired) electrons. The lowest BCUT2D eigenvalue weighted by Crippen LogP contribution is -2.57. The predicted molar refractivity (Wildman–Crippen MR) is 84.2 cm³/mol.